The van der Waals surface area contributed by atoms with E-state index in [1.54, 1.807) is 6.07 Å². The average Bonchev–Trinajstić information content (AvgIpc) is 3.43. The number of nitrogens with zero attached hydrogens (tertiary/aromatic N) is 1. The van der Waals surface area contributed by atoms with Crippen molar-refractivity contribution in [3.05, 3.63) is 105 Å². The molecule has 0 spiro atoms. The van der Waals surface area contributed by atoms with Crippen LogP contribution in [0, 0.1) is 0 Å². The fourth-order valence-corrected chi connectivity index (χ4v) is 6.72. The lowest BCUT2D eigenvalue weighted by molar-refractivity contribution is -0.155. The summed E-state index contributed by atoms with van der Waals surface area (Å²) >= 11 is 1.45. The minimum Gasteiger partial charge on any atom is -0.448 e. The monoisotopic (exact) mass is 534 g/mol. The fraction of sp³-hybridized carbons (Fsp3) is 0.185. The second-order valence-electron chi connectivity index (χ2n) is 8.58. The van der Waals surface area contributed by atoms with Gasteiger partial charge in [-0.05, 0) is 33.5 Å². The smallest absolute Gasteiger partial charge is 0.356 e. The summed E-state index contributed by atoms with van der Waals surface area (Å²) in [5.41, 5.74) is 1.91. The second kappa shape index (κ2) is 10.6. The number of hydrogen-bond donors (Lipinski definition) is 1. The molecule has 8 nitrogen and oxygen atoms in total. The number of aldehydes is 1. The largest absolute Gasteiger partial charge is 0.448 e. The highest BCUT2D eigenvalue weighted by atomic mass is 32.2. The van der Waals surface area contributed by atoms with Crippen LogP contribution < -0.4 is 5.32 Å². The number of amides is 2. The molecule has 3 aromatic rings. The van der Waals surface area contributed by atoms with E-state index in [0.29, 0.717) is 17.4 Å². The van der Waals surface area contributed by atoms with Gasteiger partial charge in [0.15, 0.2) is 6.10 Å². The Hall–Kier alpha value is -3.89. The number of esters is 1. The number of fused-ring (bicyclic) bond motifs is 1. The van der Waals surface area contributed by atoms with Gasteiger partial charge in [-0.15, -0.1) is 0 Å². The van der Waals surface area contributed by atoms with Gasteiger partial charge in [0.25, 0.3) is 5.91 Å². The van der Waals surface area contributed by atoms with E-state index in [4.69, 9.17) is 4.74 Å². The molecule has 2 unspecified atom stereocenters. The van der Waals surface area contributed by atoms with Crippen molar-refractivity contribution in [2.75, 3.05) is 5.75 Å². The quantitative estimate of drug-likeness (QED) is 0.270. The van der Waals surface area contributed by atoms with Gasteiger partial charge in [0.2, 0.25) is 5.91 Å². The summed E-state index contributed by atoms with van der Waals surface area (Å²) in [5.74, 6) is -2.10. The highest BCUT2D eigenvalue weighted by Crippen LogP contribution is 2.36. The maximum absolute atomic E-state index is 13.5. The summed E-state index contributed by atoms with van der Waals surface area (Å²) in [4.78, 5) is 52.0. The van der Waals surface area contributed by atoms with E-state index in [-0.39, 0.29) is 23.4 Å². The standard InChI is InChI=1S/C27H22N2O6S2/c30-14-20-16-37(34)26-22(28-21(31)13-17-11-12-36-15-17)25(32)29(26)23(20)27(33)35-24(18-7-3-1-4-8-18)19-9-5-2-6-10-19/h1-12,14-15,22,24,26H,13,16H2,(H,28,31)/t22?,26-,37?/m0/s1. The number of rotatable bonds is 8. The summed E-state index contributed by atoms with van der Waals surface area (Å²) in [7, 11) is -1.69. The van der Waals surface area contributed by atoms with Crippen molar-refractivity contribution in [2.24, 2.45) is 0 Å². The lowest BCUT2D eigenvalue weighted by Crippen LogP contribution is -2.73. The molecule has 1 aromatic heterocycles. The van der Waals surface area contributed by atoms with Crippen LogP contribution in [-0.4, -0.2) is 50.3 Å². The van der Waals surface area contributed by atoms with E-state index in [1.807, 2.05) is 71.4 Å². The SMILES string of the molecule is O=CC1=C(C(=O)OC(c2ccccc2)c2ccccc2)N2C(=O)C(NC(=O)Cc3ccsc3)[C@@H]2S(=O)C1. The lowest BCUT2D eigenvalue weighted by atomic mass is 10.0. The predicted molar refractivity (Wildman–Crippen MR) is 138 cm³/mol. The molecule has 2 aliphatic heterocycles. The molecule has 0 radical (unpaired) electrons. The Kier molecular flexibility index (Phi) is 7.11. The molecule has 0 saturated carbocycles. The highest BCUT2D eigenvalue weighted by molar-refractivity contribution is 7.86. The first-order chi connectivity index (χ1) is 18.0. The zero-order chi connectivity index (χ0) is 25.9. The summed E-state index contributed by atoms with van der Waals surface area (Å²) in [6.45, 7) is 0. The Morgan fingerprint density at radius 1 is 1.08 bits per heavy atom. The summed E-state index contributed by atoms with van der Waals surface area (Å²) in [6, 6.07) is 18.9. The normalized spacial score (nSPS) is 20.7. The topological polar surface area (TPSA) is 110 Å². The van der Waals surface area contributed by atoms with E-state index in [0.717, 1.165) is 10.5 Å². The first kappa shape index (κ1) is 24.8. The van der Waals surface area contributed by atoms with Gasteiger partial charge in [0.05, 0.1) is 23.0 Å². The summed E-state index contributed by atoms with van der Waals surface area (Å²) < 4.78 is 18.8. The Morgan fingerprint density at radius 3 is 2.30 bits per heavy atom. The molecule has 3 atom stereocenters. The first-order valence-corrected chi connectivity index (χ1v) is 13.8. The Bertz CT molecular complexity index is 1350. The van der Waals surface area contributed by atoms with Crippen molar-refractivity contribution < 1.29 is 28.1 Å². The van der Waals surface area contributed by atoms with Gasteiger partial charge in [0.1, 0.15) is 23.4 Å². The van der Waals surface area contributed by atoms with E-state index in [1.165, 1.54) is 11.3 Å². The first-order valence-electron chi connectivity index (χ1n) is 11.5. The number of nitrogens with one attached hydrogen (secondary N) is 1. The molecular weight excluding hydrogens is 512 g/mol. The molecule has 5 rings (SSSR count). The van der Waals surface area contributed by atoms with Crippen LogP contribution in [0.25, 0.3) is 0 Å². The third-order valence-corrected chi connectivity index (χ3v) is 8.53. The van der Waals surface area contributed by atoms with Crippen LogP contribution in [0.1, 0.15) is 22.8 Å². The van der Waals surface area contributed by atoms with Crippen molar-refractivity contribution in [3.63, 3.8) is 0 Å². The summed E-state index contributed by atoms with van der Waals surface area (Å²) in [6.07, 6.45) is -0.286. The fourth-order valence-electron chi connectivity index (χ4n) is 4.44. The Balaban J connectivity index is 1.40. The molecular formula is C27H22N2O6S2. The molecule has 2 aliphatic rings. The van der Waals surface area contributed by atoms with Crippen molar-refractivity contribution in [2.45, 2.75) is 23.9 Å². The molecule has 1 fully saturated rings. The third-order valence-electron chi connectivity index (χ3n) is 6.18. The molecule has 188 valence electrons. The lowest BCUT2D eigenvalue weighted by Gasteiger charge is -2.48. The molecule has 0 aliphatic carbocycles. The van der Waals surface area contributed by atoms with Crippen molar-refractivity contribution in [3.8, 4) is 0 Å². The van der Waals surface area contributed by atoms with Gasteiger partial charge in [-0.3, -0.25) is 23.5 Å². The molecule has 2 aromatic carbocycles. The van der Waals surface area contributed by atoms with Crippen LogP contribution in [-0.2, 0) is 41.1 Å². The molecule has 37 heavy (non-hydrogen) atoms. The average molecular weight is 535 g/mol. The molecule has 2 amide bonds. The molecule has 1 N–H and O–H groups in total. The minimum absolute atomic E-state index is 0.0733. The van der Waals surface area contributed by atoms with Crippen LogP contribution in [0.15, 0.2) is 88.8 Å². The van der Waals surface area contributed by atoms with Gasteiger partial charge < -0.3 is 10.1 Å². The predicted octanol–water partition coefficient (Wildman–Crippen LogP) is 2.49. The van der Waals surface area contributed by atoms with Gasteiger partial charge in [-0.25, -0.2) is 4.79 Å². The molecule has 10 heteroatoms. The van der Waals surface area contributed by atoms with Crippen molar-refractivity contribution >= 4 is 46.2 Å². The van der Waals surface area contributed by atoms with E-state index < -0.39 is 46.1 Å². The summed E-state index contributed by atoms with van der Waals surface area (Å²) in [5, 5.41) is 5.35. The number of β-lactam (4-membered cyclic amide) rings is 1. The number of benzene rings is 2. The van der Waals surface area contributed by atoms with E-state index in [9.17, 15) is 23.4 Å². The molecule has 3 heterocycles. The molecule has 0 bridgehead atoms. The van der Waals surface area contributed by atoms with Gasteiger partial charge in [-0.2, -0.15) is 11.3 Å². The van der Waals surface area contributed by atoms with Crippen molar-refractivity contribution in [1.82, 2.24) is 10.2 Å². The van der Waals surface area contributed by atoms with Crippen molar-refractivity contribution in [1.29, 1.82) is 0 Å². The maximum Gasteiger partial charge on any atom is 0.356 e. The van der Waals surface area contributed by atoms with E-state index in [2.05, 4.69) is 5.32 Å². The number of thiophene rings is 1. The Morgan fingerprint density at radius 2 is 1.73 bits per heavy atom. The van der Waals surface area contributed by atoms with Gasteiger partial charge in [0, 0.05) is 5.57 Å². The molecule has 1 saturated heterocycles. The Labute approximate surface area is 219 Å². The van der Waals surface area contributed by atoms with Crippen LogP contribution >= 0.6 is 11.3 Å². The number of carbonyl (C=O) groups excluding carboxylic acids is 4. The van der Waals surface area contributed by atoms with Gasteiger partial charge in [-0.1, -0.05) is 60.7 Å². The van der Waals surface area contributed by atoms with Crippen LogP contribution in [0.2, 0.25) is 0 Å². The van der Waals surface area contributed by atoms with Crippen LogP contribution in [0.4, 0.5) is 0 Å². The minimum atomic E-state index is -1.69. The number of hydrogen-bond acceptors (Lipinski definition) is 7. The van der Waals surface area contributed by atoms with E-state index >= 15 is 0 Å². The maximum atomic E-state index is 13.5. The zero-order valence-electron chi connectivity index (χ0n) is 19.4. The highest BCUT2D eigenvalue weighted by Gasteiger charge is 2.57. The number of ether oxygens (including phenoxy) is 1. The van der Waals surface area contributed by atoms with Gasteiger partial charge >= 0.3 is 5.97 Å². The second-order valence-corrected chi connectivity index (χ2v) is 10.9. The zero-order valence-corrected chi connectivity index (χ0v) is 21.1. The van der Waals surface area contributed by atoms with Crippen LogP contribution in [0.5, 0.6) is 0 Å². The third kappa shape index (κ3) is 4.90. The van der Waals surface area contributed by atoms with Crippen LogP contribution in [0.3, 0.4) is 0 Å². The number of carbonyl (C=O) groups is 4.